The van der Waals surface area contributed by atoms with Gasteiger partial charge >= 0.3 is 0 Å². The summed E-state index contributed by atoms with van der Waals surface area (Å²) in [4.78, 5) is 71.8. The van der Waals surface area contributed by atoms with Gasteiger partial charge in [-0.3, -0.25) is 49.9 Å². The van der Waals surface area contributed by atoms with Gasteiger partial charge < -0.3 is 19.9 Å². The molecule has 16 heteroatoms. The molecule has 4 N–H and O–H groups in total. The highest BCUT2D eigenvalue weighted by atomic mass is 35.5. The van der Waals surface area contributed by atoms with Crippen molar-refractivity contribution in [2.75, 3.05) is 50.7 Å². The highest BCUT2D eigenvalue weighted by Gasteiger charge is 2.45. The van der Waals surface area contributed by atoms with Crippen LogP contribution >= 0.6 is 11.6 Å². The van der Waals surface area contributed by atoms with Crippen molar-refractivity contribution in [1.29, 1.82) is 5.26 Å². The van der Waals surface area contributed by atoms with E-state index in [-0.39, 0.29) is 30.8 Å². The second-order valence-corrected chi connectivity index (χ2v) is 16.4. The number of imide groups is 2. The van der Waals surface area contributed by atoms with E-state index in [9.17, 15) is 24.0 Å². The zero-order valence-corrected chi connectivity index (χ0v) is 33.1. The van der Waals surface area contributed by atoms with E-state index in [1.807, 2.05) is 18.2 Å². The van der Waals surface area contributed by atoms with Crippen LogP contribution in [0.25, 0.3) is 0 Å². The fourth-order valence-electron chi connectivity index (χ4n) is 8.94. The van der Waals surface area contributed by atoms with Gasteiger partial charge in [0, 0.05) is 69.9 Å². The van der Waals surface area contributed by atoms with Crippen LogP contribution in [-0.4, -0.2) is 102 Å². The van der Waals surface area contributed by atoms with Crippen molar-refractivity contribution in [3.05, 3.63) is 81.9 Å². The number of halogens is 1. The SMILES string of the molecule is N#Cc1ccc(O[C@H]2CCC[C@H](C(=O)NC3=CC=C(N4CCC(CN5CCN(c6ccc7c(c6)C(=O)N(C6CCC(=O)NC6=O)C7=O)CC5)CC4)NN3)CC2)cc1Cl. The van der Waals surface area contributed by atoms with Gasteiger partial charge in [0.25, 0.3) is 11.8 Å². The van der Waals surface area contributed by atoms with Crippen molar-refractivity contribution in [2.24, 2.45) is 11.8 Å². The zero-order valence-electron chi connectivity index (χ0n) is 32.3. The molecule has 2 aromatic rings. The van der Waals surface area contributed by atoms with Gasteiger partial charge in [0.2, 0.25) is 17.7 Å². The number of carbonyl (C=O) groups excluding carboxylic acids is 5. The number of anilines is 1. The number of fused-ring (bicyclic) bond motifs is 1. The second kappa shape index (κ2) is 17.1. The van der Waals surface area contributed by atoms with Crippen molar-refractivity contribution in [3.8, 4) is 11.8 Å². The number of likely N-dealkylation sites (tertiary alicyclic amines) is 1. The Labute approximate surface area is 342 Å². The summed E-state index contributed by atoms with van der Waals surface area (Å²) in [6, 6.07) is 11.5. The van der Waals surface area contributed by atoms with Crippen molar-refractivity contribution in [2.45, 2.75) is 69.9 Å². The van der Waals surface area contributed by atoms with Gasteiger partial charge in [0.05, 0.1) is 27.8 Å². The summed E-state index contributed by atoms with van der Waals surface area (Å²) in [6.45, 7) is 6.28. The molecule has 6 aliphatic rings. The Morgan fingerprint density at radius 2 is 1.64 bits per heavy atom. The van der Waals surface area contributed by atoms with Gasteiger partial charge in [-0.1, -0.05) is 11.6 Å². The van der Waals surface area contributed by atoms with E-state index in [2.05, 4.69) is 42.3 Å². The number of benzene rings is 2. The van der Waals surface area contributed by atoms with Gasteiger partial charge in [0.15, 0.2) is 0 Å². The van der Waals surface area contributed by atoms with E-state index in [4.69, 9.17) is 21.6 Å². The highest BCUT2D eigenvalue weighted by Crippen LogP contribution is 2.32. The monoisotopic (exact) mass is 809 g/mol. The summed E-state index contributed by atoms with van der Waals surface area (Å²) < 4.78 is 6.16. The van der Waals surface area contributed by atoms with Gasteiger partial charge in [-0.25, -0.2) is 0 Å². The van der Waals surface area contributed by atoms with Crippen LogP contribution < -0.4 is 31.1 Å². The maximum absolute atomic E-state index is 13.3. The molecule has 2 aromatic carbocycles. The topological polar surface area (TPSA) is 179 Å². The lowest BCUT2D eigenvalue weighted by Crippen LogP contribution is -2.54. The third-order valence-electron chi connectivity index (χ3n) is 12.3. The minimum Gasteiger partial charge on any atom is -0.490 e. The van der Waals surface area contributed by atoms with Crippen LogP contribution in [0.2, 0.25) is 5.02 Å². The standard InChI is InChI=1S/C42H48ClN9O6/c43-34-23-31(8-5-28(34)24-44)58-30-3-1-2-27(4-7-30)39(54)45-36-11-12-37(48-47-36)51-16-14-26(15-17-51)25-49-18-20-50(21-19-49)29-6-9-32-33(22-29)42(57)52(41(32)56)35-10-13-38(53)46-40(35)55/h5-6,8-9,11-12,22-23,26-27,30,35,47-48H,1-4,7,10,13-21,25H2,(H,45,54)(H,46,53,55)/t27-,30-,35?/m0/s1. The molecule has 1 unspecified atom stereocenters. The van der Waals surface area contributed by atoms with Crippen LogP contribution in [0.4, 0.5) is 5.69 Å². The number of piperazine rings is 1. The lowest BCUT2D eigenvalue weighted by Gasteiger charge is -2.40. The molecule has 304 valence electrons. The van der Waals surface area contributed by atoms with Crippen LogP contribution in [-0.2, 0) is 14.4 Å². The zero-order chi connectivity index (χ0) is 40.3. The molecule has 0 bridgehead atoms. The quantitative estimate of drug-likeness (QED) is 0.215. The van der Waals surface area contributed by atoms with Crippen LogP contribution in [0, 0.1) is 23.2 Å². The first-order chi connectivity index (χ1) is 28.1. The minimum absolute atomic E-state index is 0.00152. The van der Waals surface area contributed by atoms with Gasteiger partial charge in [-0.15, -0.1) is 0 Å². The third-order valence-corrected chi connectivity index (χ3v) is 12.6. The number of hydrazine groups is 1. The summed E-state index contributed by atoms with van der Waals surface area (Å²) >= 11 is 6.18. The number of piperidine rings is 2. The molecule has 1 saturated carbocycles. The predicted octanol–water partition coefficient (Wildman–Crippen LogP) is 3.38. The van der Waals surface area contributed by atoms with Crippen molar-refractivity contribution < 1.29 is 28.7 Å². The highest BCUT2D eigenvalue weighted by molar-refractivity contribution is 6.31. The fraction of sp³-hybridized carbons (Fsp3) is 0.476. The first-order valence-electron chi connectivity index (χ1n) is 20.3. The number of carbonyl (C=O) groups is 5. The van der Waals surface area contributed by atoms with Crippen molar-refractivity contribution in [3.63, 3.8) is 0 Å². The molecule has 0 radical (unpaired) electrons. The molecular formula is C42H48ClN9O6. The van der Waals surface area contributed by atoms with Gasteiger partial charge in [-0.2, -0.15) is 5.26 Å². The molecule has 5 amide bonds. The Bertz CT molecular complexity index is 2080. The van der Waals surface area contributed by atoms with E-state index in [0.717, 1.165) is 107 Å². The molecule has 8 rings (SSSR count). The van der Waals surface area contributed by atoms with Crippen LogP contribution in [0.1, 0.15) is 84.1 Å². The normalized spacial score (nSPS) is 24.4. The average Bonchev–Trinajstić information content (AvgIpc) is 3.34. The van der Waals surface area contributed by atoms with Crippen LogP contribution in [0.3, 0.4) is 0 Å². The van der Waals surface area contributed by atoms with Crippen molar-refractivity contribution in [1.82, 2.24) is 36.2 Å². The van der Waals surface area contributed by atoms with Crippen LogP contribution in [0.15, 0.2) is 60.2 Å². The average molecular weight is 810 g/mol. The molecule has 0 spiro atoms. The second-order valence-electron chi connectivity index (χ2n) is 16.0. The maximum Gasteiger partial charge on any atom is 0.262 e. The van der Waals surface area contributed by atoms with E-state index in [1.54, 1.807) is 30.3 Å². The number of amides is 5. The van der Waals surface area contributed by atoms with E-state index in [0.29, 0.717) is 39.2 Å². The summed E-state index contributed by atoms with van der Waals surface area (Å²) in [5, 5.41) is 14.8. The van der Waals surface area contributed by atoms with Gasteiger partial charge in [0.1, 0.15) is 29.5 Å². The Morgan fingerprint density at radius 1 is 0.845 bits per heavy atom. The molecule has 3 atom stereocenters. The summed E-state index contributed by atoms with van der Waals surface area (Å²) in [5.74, 6) is 0.746. The summed E-state index contributed by atoms with van der Waals surface area (Å²) in [5.41, 5.74) is 8.35. The van der Waals surface area contributed by atoms with E-state index >= 15 is 0 Å². The number of nitriles is 1. The fourth-order valence-corrected chi connectivity index (χ4v) is 9.15. The Kier molecular flexibility index (Phi) is 11.6. The summed E-state index contributed by atoms with van der Waals surface area (Å²) in [6.07, 6.45) is 10.3. The number of hydrogen-bond donors (Lipinski definition) is 4. The van der Waals surface area contributed by atoms with E-state index < -0.39 is 29.7 Å². The number of hydrogen-bond acceptors (Lipinski definition) is 12. The Hall–Kier alpha value is -5.59. The largest absolute Gasteiger partial charge is 0.490 e. The molecule has 5 aliphatic heterocycles. The first kappa shape index (κ1) is 39.2. The third kappa shape index (κ3) is 8.49. The lowest BCUT2D eigenvalue weighted by molar-refractivity contribution is -0.136. The number of ether oxygens (including phenoxy) is 1. The first-order valence-corrected chi connectivity index (χ1v) is 20.7. The lowest BCUT2D eigenvalue weighted by atomic mass is 9.96. The smallest absolute Gasteiger partial charge is 0.262 e. The molecular weight excluding hydrogens is 762 g/mol. The number of nitrogens with zero attached hydrogens (tertiary/aromatic N) is 5. The summed E-state index contributed by atoms with van der Waals surface area (Å²) in [7, 11) is 0. The van der Waals surface area contributed by atoms with Crippen LogP contribution in [0.5, 0.6) is 5.75 Å². The number of nitrogens with one attached hydrogen (secondary N) is 4. The number of allylic oxidation sites excluding steroid dienone is 2. The van der Waals surface area contributed by atoms with Gasteiger partial charge in [-0.05, 0) is 99.8 Å². The Balaban J connectivity index is 0.755. The number of rotatable bonds is 9. The molecule has 0 aromatic heterocycles. The minimum atomic E-state index is -0.973. The molecule has 5 heterocycles. The van der Waals surface area contributed by atoms with E-state index in [1.165, 1.54) is 0 Å². The molecule has 58 heavy (non-hydrogen) atoms. The molecule has 4 fully saturated rings. The molecule has 15 nitrogen and oxygen atoms in total. The molecule has 1 aliphatic carbocycles. The predicted molar refractivity (Wildman–Crippen MR) is 214 cm³/mol. The maximum atomic E-state index is 13.3. The van der Waals surface area contributed by atoms with Crippen molar-refractivity contribution >= 4 is 46.8 Å². The molecule has 3 saturated heterocycles. The Morgan fingerprint density at radius 3 is 2.36 bits per heavy atom.